The normalized spacial score (nSPS) is 14.6. The van der Waals surface area contributed by atoms with E-state index in [0.29, 0.717) is 6.04 Å². The topological polar surface area (TPSA) is 17.0 Å². The van der Waals surface area contributed by atoms with E-state index in [0.717, 1.165) is 18.5 Å². The van der Waals surface area contributed by atoms with Crippen molar-refractivity contribution in [3.05, 3.63) is 41.4 Å². The second-order valence-corrected chi connectivity index (χ2v) is 4.62. The van der Waals surface area contributed by atoms with Gasteiger partial charge in [0.15, 0.2) is 0 Å². The Hall–Kier alpha value is -1.44. The molecule has 1 aromatic rings. The van der Waals surface area contributed by atoms with Crippen LogP contribution >= 0.6 is 0 Å². The molecule has 16 heavy (non-hydrogen) atoms. The molecule has 0 spiro atoms. The summed E-state index contributed by atoms with van der Waals surface area (Å²) in [5, 5.41) is 3.13. The SMILES string of the molecule is C=C(NC)C1=Cc2ccn(C(C)C)c2CC1. The van der Waals surface area contributed by atoms with Crippen LogP contribution in [0.15, 0.2) is 30.1 Å². The largest absolute Gasteiger partial charge is 0.388 e. The molecular weight excluding hydrogens is 196 g/mol. The molecule has 0 amide bonds. The van der Waals surface area contributed by atoms with E-state index in [4.69, 9.17) is 0 Å². The van der Waals surface area contributed by atoms with Gasteiger partial charge >= 0.3 is 0 Å². The number of likely N-dealkylation sites (N-methyl/N-ethyl adjacent to an activating group) is 1. The Bertz CT molecular complexity index is 436. The van der Waals surface area contributed by atoms with Crippen LogP contribution in [-0.4, -0.2) is 11.6 Å². The first kappa shape index (κ1) is 11.1. The summed E-state index contributed by atoms with van der Waals surface area (Å²) in [5.41, 5.74) is 5.19. The number of nitrogens with one attached hydrogen (secondary N) is 1. The Kier molecular flexibility index (Phi) is 2.90. The maximum absolute atomic E-state index is 4.03. The first-order chi connectivity index (χ1) is 7.63. The lowest BCUT2D eigenvalue weighted by molar-refractivity contribution is 0.572. The van der Waals surface area contributed by atoms with Crippen LogP contribution < -0.4 is 5.32 Å². The molecule has 0 atom stereocenters. The molecule has 1 heterocycles. The summed E-state index contributed by atoms with van der Waals surface area (Å²) in [6.07, 6.45) is 6.66. The average molecular weight is 216 g/mol. The van der Waals surface area contributed by atoms with Gasteiger partial charge in [-0.25, -0.2) is 0 Å². The molecule has 0 radical (unpaired) electrons. The van der Waals surface area contributed by atoms with Gasteiger partial charge in [0.2, 0.25) is 0 Å². The van der Waals surface area contributed by atoms with Crippen LogP contribution in [0.5, 0.6) is 0 Å². The lowest BCUT2D eigenvalue weighted by atomic mass is 9.96. The zero-order chi connectivity index (χ0) is 11.7. The Balaban J connectivity index is 2.35. The zero-order valence-corrected chi connectivity index (χ0v) is 10.4. The fourth-order valence-electron chi connectivity index (χ4n) is 2.30. The molecule has 0 unspecified atom stereocenters. The summed E-state index contributed by atoms with van der Waals surface area (Å²) in [7, 11) is 1.93. The number of hydrogen-bond acceptors (Lipinski definition) is 1. The van der Waals surface area contributed by atoms with Crippen molar-refractivity contribution in [1.82, 2.24) is 9.88 Å². The molecule has 2 nitrogen and oxygen atoms in total. The number of allylic oxidation sites excluding steroid dienone is 1. The Morgan fingerprint density at radius 2 is 2.19 bits per heavy atom. The van der Waals surface area contributed by atoms with Crippen LogP contribution in [0.25, 0.3) is 6.08 Å². The standard InChI is InChI=1S/C14H20N2/c1-10(2)16-8-7-13-9-12(11(3)15-4)5-6-14(13)16/h7-10,15H,3,5-6H2,1-2,4H3. The van der Waals surface area contributed by atoms with E-state index in [1.165, 1.54) is 16.8 Å². The van der Waals surface area contributed by atoms with Crippen molar-refractivity contribution in [2.75, 3.05) is 7.05 Å². The third kappa shape index (κ3) is 1.80. The van der Waals surface area contributed by atoms with E-state index in [2.05, 4.69) is 48.6 Å². The number of aromatic nitrogens is 1. The predicted octanol–water partition coefficient (Wildman–Crippen LogP) is 3.13. The first-order valence-electron chi connectivity index (χ1n) is 5.90. The third-order valence-corrected chi connectivity index (χ3v) is 3.27. The summed E-state index contributed by atoms with van der Waals surface area (Å²) >= 11 is 0. The highest BCUT2D eigenvalue weighted by atomic mass is 15.0. The molecule has 86 valence electrons. The second kappa shape index (κ2) is 4.20. The molecule has 1 aliphatic rings. The average Bonchev–Trinajstić information content (AvgIpc) is 2.70. The Morgan fingerprint density at radius 1 is 1.44 bits per heavy atom. The van der Waals surface area contributed by atoms with Gasteiger partial charge in [0.25, 0.3) is 0 Å². The number of fused-ring (bicyclic) bond motifs is 1. The van der Waals surface area contributed by atoms with Gasteiger partial charge in [0.1, 0.15) is 0 Å². The predicted molar refractivity (Wildman–Crippen MR) is 69.3 cm³/mol. The van der Waals surface area contributed by atoms with Gasteiger partial charge in [-0.05, 0) is 50.0 Å². The lowest BCUT2D eigenvalue weighted by Crippen LogP contribution is -2.12. The van der Waals surface area contributed by atoms with Crippen molar-refractivity contribution >= 4 is 6.08 Å². The number of hydrogen-bond donors (Lipinski definition) is 1. The fraction of sp³-hybridized carbons (Fsp3) is 0.429. The quantitative estimate of drug-likeness (QED) is 0.821. The van der Waals surface area contributed by atoms with Gasteiger partial charge in [-0.3, -0.25) is 0 Å². The summed E-state index contributed by atoms with van der Waals surface area (Å²) in [5.74, 6) is 0. The van der Waals surface area contributed by atoms with Crippen LogP contribution in [0.1, 0.15) is 37.6 Å². The molecule has 0 bridgehead atoms. The van der Waals surface area contributed by atoms with Crippen LogP contribution in [0.4, 0.5) is 0 Å². The molecule has 0 fully saturated rings. The summed E-state index contributed by atoms with van der Waals surface area (Å²) in [6, 6.07) is 2.75. The summed E-state index contributed by atoms with van der Waals surface area (Å²) in [4.78, 5) is 0. The maximum atomic E-state index is 4.03. The monoisotopic (exact) mass is 216 g/mol. The van der Waals surface area contributed by atoms with Gasteiger partial charge in [0.05, 0.1) is 0 Å². The summed E-state index contributed by atoms with van der Waals surface area (Å²) < 4.78 is 2.37. The highest BCUT2D eigenvalue weighted by Gasteiger charge is 2.16. The van der Waals surface area contributed by atoms with E-state index < -0.39 is 0 Å². The molecule has 2 heteroatoms. The second-order valence-electron chi connectivity index (χ2n) is 4.62. The molecule has 2 rings (SSSR count). The van der Waals surface area contributed by atoms with Crippen molar-refractivity contribution in [3.8, 4) is 0 Å². The fourth-order valence-corrected chi connectivity index (χ4v) is 2.30. The zero-order valence-electron chi connectivity index (χ0n) is 10.4. The molecule has 1 N–H and O–H groups in total. The Labute approximate surface area is 97.7 Å². The molecule has 0 saturated carbocycles. The molecule has 0 aliphatic heterocycles. The third-order valence-electron chi connectivity index (χ3n) is 3.27. The van der Waals surface area contributed by atoms with Crippen molar-refractivity contribution in [2.24, 2.45) is 0 Å². The van der Waals surface area contributed by atoms with Crippen LogP contribution in [0.3, 0.4) is 0 Å². The summed E-state index contributed by atoms with van der Waals surface area (Å²) in [6.45, 7) is 8.48. The maximum Gasteiger partial charge on any atom is 0.0297 e. The molecule has 1 aliphatic carbocycles. The highest BCUT2D eigenvalue weighted by molar-refractivity contribution is 5.62. The Morgan fingerprint density at radius 3 is 2.81 bits per heavy atom. The van der Waals surface area contributed by atoms with E-state index in [-0.39, 0.29) is 0 Å². The molecular formula is C14H20N2. The van der Waals surface area contributed by atoms with Crippen molar-refractivity contribution in [2.45, 2.75) is 32.7 Å². The molecule has 0 aromatic carbocycles. The van der Waals surface area contributed by atoms with Gasteiger partial charge in [-0.2, -0.15) is 0 Å². The van der Waals surface area contributed by atoms with Crippen LogP contribution in [0.2, 0.25) is 0 Å². The minimum absolute atomic E-state index is 0.547. The van der Waals surface area contributed by atoms with Gasteiger partial charge in [-0.1, -0.05) is 6.58 Å². The number of rotatable bonds is 3. The van der Waals surface area contributed by atoms with Crippen molar-refractivity contribution < 1.29 is 0 Å². The van der Waals surface area contributed by atoms with Gasteiger partial charge < -0.3 is 9.88 Å². The lowest BCUT2D eigenvalue weighted by Gasteiger charge is -2.19. The number of nitrogens with zero attached hydrogens (tertiary/aromatic N) is 1. The van der Waals surface area contributed by atoms with Crippen LogP contribution in [-0.2, 0) is 6.42 Å². The van der Waals surface area contributed by atoms with E-state index >= 15 is 0 Å². The van der Waals surface area contributed by atoms with Gasteiger partial charge in [0, 0.05) is 30.7 Å². The minimum Gasteiger partial charge on any atom is -0.388 e. The van der Waals surface area contributed by atoms with E-state index in [1.807, 2.05) is 7.05 Å². The first-order valence-corrected chi connectivity index (χ1v) is 5.90. The highest BCUT2D eigenvalue weighted by Crippen LogP contribution is 2.29. The smallest absolute Gasteiger partial charge is 0.0297 e. The minimum atomic E-state index is 0.547. The van der Waals surface area contributed by atoms with Crippen LogP contribution in [0, 0.1) is 0 Å². The van der Waals surface area contributed by atoms with Gasteiger partial charge in [-0.15, -0.1) is 0 Å². The van der Waals surface area contributed by atoms with Crippen molar-refractivity contribution in [1.29, 1.82) is 0 Å². The van der Waals surface area contributed by atoms with E-state index in [1.54, 1.807) is 0 Å². The molecule has 0 saturated heterocycles. The molecule has 1 aromatic heterocycles. The van der Waals surface area contributed by atoms with E-state index in [9.17, 15) is 0 Å². The van der Waals surface area contributed by atoms with Crippen molar-refractivity contribution in [3.63, 3.8) is 0 Å².